The maximum Gasteiger partial charge on any atom is 0.325 e. The summed E-state index contributed by atoms with van der Waals surface area (Å²) in [6.45, 7) is 5.61. The fraction of sp³-hybridized carbons (Fsp3) is 0.429. The number of hydrogen-bond donors (Lipinski definition) is 0. The highest BCUT2D eigenvalue weighted by molar-refractivity contribution is 9.10. The molecule has 19 heavy (non-hydrogen) atoms. The van der Waals surface area contributed by atoms with E-state index in [0.29, 0.717) is 5.56 Å². The van der Waals surface area contributed by atoms with Crippen LogP contribution in [-0.2, 0) is 9.53 Å². The van der Waals surface area contributed by atoms with E-state index < -0.39 is 5.97 Å². The van der Waals surface area contributed by atoms with Crippen LogP contribution in [0.3, 0.4) is 0 Å². The summed E-state index contributed by atoms with van der Waals surface area (Å²) in [6, 6.07) is 5.31. The number of rotatable bonds is 4. The average Bonchev–Trinajstić information content (AvgIpc) is 2.37. The van der Waals surface area contributed by atoms with E-state index in [4.69, 9.17) is 0 Å². The number of aryl methyl sites for hydroxylation is 1. The predicted molar refractivity (Wildman–Crippen MR) is 77.1 cm³/mol. The van der Waals surface area contributed by atoms with E-state index in [0.717, 1.165) is 10.0 Å². The van der Waals surface area contributed by atoms with Gasteiger partial charge in [0.15, 0.2) is 0 Å². The minimum Gasteiger partial charge on any atom is -0.468 e. The molecular formula is C14H18BrNO3. The van der Waals surface area contributed by atoms with Gasteiger partial charge in [-0.15, -0.1) is 0 Å². The molecule has 0 radical (unpaired) electrons. The lowest BCUT2D eigenvalue weighted by Crippen LogP contribution is -2.41. The number of ether oxygens (including phenoxy) is 1. The van der Waals surface area contributed by atoms with E-state index in [9.17, 15) is 9.59 Å². The number of nitrogens with zero attached hydrogens (tertiary/aromatic N) is 1. The zero-order chi connectivity index (χ0) is 14.6. The van der Waals surface area contributed by atoms with Gasteiger partial charge in [-0.2, -0.15) is 0 Å². The van der Waals surface area contributed by atoms with Crippen molar-refractivity contribution in [3.8, 4) is 0 Å². The van der Waals surface area contributed by atoms with Gasteiger partial charge in [0.05, 0.1) is 7.11 Å². The molecule has 0 aromatic heterocycles. The lowest BCUT2D eigenvalue weighted by molar-refractivity contribution is -0.141. The molecule has 1 aromatic carbocycles. The Morgan fingerprint density at radius 3 is 2.47 bits per heavy atom. The largest absolute Gasteiger partial charge is 0.468 e. The third-order valence-electron chi connectivity index (χ3n) is 2.82. The van der Waals surface area contributed by atoms with Crippen LogP contribution >= 0.6 is 15.9 Å². The second-order valence-electron chi connectivity index (χ2n) is 4.57. The molecule has 0 spiro atoms. The second-order valence-corrected chi connectivity index (χ2v) is 5.42. The Morgan fingerprint density at radius 2 is 2.00 bits per heavy atom. The molecular weight excluding hydrogens is 310 g/mol. The Hall–Kier alpha value is -1.36. The van der Waals surface area contributed by atoms with Crippen LogP contribution in [0.5, 0.6) is 0 Å². The smallest absolute Gasteiger partial charge is 0.325 e. The summed E-state index contributed by atoms with van der Waals surface area (Å²) in [6.07, 6.45) is 0. The standard InChI is InChI=1S/C14H18BrNO3/c1-9(2)16(8-13(17)19-4)14(18)11-5-6-12(15)10(3)7-11/h5-7,9H,8H2,1-4H3. The molecule has 5 heteroatoms. The van der Waals surface area contributed by atoms with Crippen molar-refractivity contribution in [3.63, 3.8) is 0 Å². The molecule has 1 amide bonds. The highest BCUT2D eigenvalue weighted by Crippen LogP contribution is 2.18. The van der Waals surface area contributed by atoms with Gasteiger partial charge in [-0.1, -0.05) is 15.9 Å². The maximum atomic E-state index is 12.4. The summed E-state index contributed by atoms with van der Waals surface area (Å²) in [7, 11) is 1.31. The Kier molecular flexibility index (Phi) is 5.54. The molecule has 0 saturated heterocycles. The van der Waals surface area contributed by atoms with E-state index in [1.807, 2.05) is 26.8 Å². The molecule has 0 bridgehead atoms. The number of amides is 1. The van der Waals surface area contributed by atoms with Gasteiger partial charge < -0.3 is 9.64 Å². The third-order valence-corrected chi connectivity index (χ3v) is 3.71. The van der Waals surface area contributed by atoms with Gasteiger partial charge in [0.2, 0.25) is 0 Å². The van der Waals surface area contributed by atoms with E-state index >= 15 is 0 Å². The van der Waals surface area contributed by atoms with E-state index in [2.05, 4.69) is 20.7 Å². The molecule has 0 aliphatic rings. The maximum absolute atomic E-state index is 12.4. The molecule has 0 atom stereocenters. The van der Waals surface area contributed by atoms with Gasteiger partial charge in [-0.3, -0.25) is 9.59 Å². The lowest BCUT2D eigenvalue weighted by Gasteiger charge is -2.25. The number of methoxy groups -OCH3 is 1. The second kappa shape index (κ2) is 6.70. The Morgan fingerprint density at radius 1 is 1.37 bits per heavy atom. The molecule has 0 aliphatic heterocycles. The van der Waals surface area contributed by atoms with E-state index in [1.54, 1.807) is 12.1 Å². The molecule has 0 unspecified atom stereocenters. The SMILES string of the molecule is COC(=O)CN(C(=O)c1ccc(Br)c(C)c1)C(C)C. The summed E-state index contributed by atoms with van der Waals surface area (Å²) in [5.74, 6) is -0.591. The first-order valence-corrected chi connectivity index (χ1v) is 6.80. The van der Waals surface area contributed by atoms with Crippen molar-refractivity contribution in [3.05, 3.63) is 33.8 Å². The molecule has 1 rings (SSSR count). The Bertz CT molecular complexity index is 486. The van der Waals surface area contributed by atoms with Crippen molar-refractivity contribution in [1.29, 1.82) is 0 Å². The summed E-state index contributed by atoms with van der Waals surface area (Å²) in [4.78, 5) is 25.3. The van der Waals surface area contributed by atoms with Crippen molar-refractivity contribution >= 4 is 27.8 Å². The highest BCUT2D eigenvalue weighted by Gasteiger charge is 2.22. The Balaban J connectivity index is 2.99. The van der Waals surface area contributed by atoms with Crippen LogP contribution in [0, 0.1) is 6.92 Å². The topological polar surface area (TPSA) is 46.6 Å². The zero-order valence-electron chi connectivity index (χ0n) is 11.6. The van der Waals surface area contributed by atoms with Gasteiger partial charge in [0, 0.05) is 16.1 Å². The highest BCUT2D eigenvalue weighted by atomic mass is 79.9. The van der Waals surface area contributed by atoms with Crippen LogP contribution in [0.1, 0.15) is 29.8 Å². The van der Waals surface area contributed by atoms with Crippen LogP contribution in [0.25, 0.3) is 0 Å². The van der Waals surface area contributed by atoms with Gasteiger partial charge >= 0.3 is 5.97 Å². The van der Waals surface area contributed by atoms with Gasteiger partial charge in [-0.25, -0.2) is 0 Å². The Labute approximate surface area is 121 Å². The third kappa shape index (κ3) is 4.06. The summed E-state index contributed by atoms with van der Waals surface area (Å²) in [5, 5.41) is 0. The molecule has 4 nitrogen and oxygen atoms in total. The fourth-order valence-corrected chi connectivity index (χ4v) is 1.88. The minimum absolute atomic E-state index is 0.0396. The molecule has 104 valence electrons. The van der Waals surface area contributed by atoms with Crippen LogP contribution in [0.15, 0.2) is 22.7 Å². The van der Waals surface area contributed by atoms with E-state index in [-0.39, 0.29) is 18.5 Å². The van der Waals surface area contributed by atoms with Gasteiger partial charge in [0.1, 0.15) is 6.54 Å². The number of benzene rings is 1. The van der Waals surface area contributed by atoms with Gasteiger partial charge in [-0.05, 0) is 44.5 Å². The average molecular weight is 328 g/mol. The first-order valence-electron chi connectivity index (χ1n) is 6.00. The molecule has 0 saturated carbocycles. The summed E-state index contributed by atoms with van der Waals surface area (Å²) < 4.78 is 5.57. The van der Waals surface area contributed by atoms with Crippen LogP contribution in [0.2, 0.25) is 0 Å². The van der Waals surface area contributed by atoms with Crippen molar-refractivity contribution < 1.29 is 14.3 Å². The summed E-state index contributed by atoms with van der Waals surface area (Å²) >= 11 is 3.40. The van der Waals surface area contributed by atoms with Crippen LogP contribution < -0.4 is 0 Å². The fourth-order valence-electron chi connectivity index (χ4n) is 1.64. The minimum atomic E-state index is -0.420. The number of halogens is 1. The molecule has 1 aromatic rings. The van der Waals surface area contributed by atoms with Crippen molar-refractivity contribution in [2.75, 3.05) is 13.7 Å². The normalized spacial score (nSPS) is 10.4. The molecule has 0 N–H and O–H groups in total. The first-order chi connectivity index (χ1) is 8.86. The van der Waals surface area contributed by atoms with Crippen molar-refractivity contribution in [2.24, 2.45) is 0 Å². The monoisotopic (exact) mass is 327 g/mol. The first kappa shape index (κ1) is 15.7. The quantitative estimate of drug-likeness (QED) is 0.799. The molecule has 0 aliphatic carbocycles. The molecule has 0 heterocycles. The number of carbonyl (C=O) groups is 2. The number of hydrogen-bond acceptors (Lipinski definition) is 3. The van der Waals surface area contributed by atoms with E-state index in [1.165, 1.54) is 12.0 Å². The summed E-state index contributed by atoms with van der Waals surface area (Å²) in [5.41, 5.74) is 1.55. The predicted octanol–water partition coefficient (Wildman–Crippen LogP) is 2.78. The van der Waals surface area contributed by atoms with Crippen LogP contribution in [0.4, 0.5) is 0 Å². The molecule has 0 fully saturated rings. The lowest BCUT2D eigenvalue weighted by atomic mass is 10.1. The van der Waals surface area contributed by atoms with Crippen molar-refractivity contribution in [2.45, 2.75) is 26.8 Å². The van der Waals surface area contributed by atoms with Gasteiger partial charge in [0.25, 0.3) is 5.91 Å². The number of esters is 1. The zero-order valence-corrected chi connectivity index (χ0v) is 13.2. The number of carbonyl (C=O) groups excluding carboxylic acids is 2. The van der Waals surface area contributed by atoms with Crippen LogP contribution in [-0.4, -0.2) is 36.5 Å². The van der Waals surface area contributed by atoms with Crippen molar-refractivity contribution in [1.82, 2.24) is 4.90 Å².